The second-order valence-electron chi connectivity index (χ2n) is 3.38. The highest BCUT2D eigenvalue weighted by Crippen LogP contribution is 2.33. The molecule has 1 N–H and O–H groups in total. The van der Waals surface area contributed by atoms with Crippen LogP contribution in [0.15, 0.2) is 12.2 Å². The topological polar surface area (TPSA) is 38.3 Å². The average Bonchev–Trinajstić information content (AvgIpc) is 2.44. The molecule has 3 unspecified atom stereocenters. The fraction of sp³-hybridized carbons (Fsp3) is 0.667. The first-order chi connectivity index (χ1) is 5.83. The molecule has 2 aliphatic rings. The molecule has 1 aliphatic carbocycles. The Kier molecular flexibility index (Phi) is 1.89. The standard InChI is InChI=1S/C9H13NO2/c1-12-9-7-5-3-2-4-6(7)8(11)10-9/h2-3,6-7,9H,4-5H2,1H3,(H,10,11). The maximum Gasteiger partial charge on any atom is 0.225 e. The quantitative estimate of drug-likeness (QED) is 0.583. The first-order valence-electron chi connectivity index (χ1n) is 4.31. The normalized spacial score (nSPS) is 39.4. The van der Waals surface area contributed by atoms with Crippen LogP contribution in [0.25, 0.3) is 0 Å². The Labute approximate surface area is 71.8 Å². The fourth-order valence-corrected chi connectivity index (χ4v) is 2.06. The Balaban J connectivity index is 2.17. The smallest absolute Gasteiger partial charge is 0.225 e. The molecule has 3 heteroatoms. The largest absolute Gasteiger partial charge is 0.361 e. The number of carbonyl (C=O) groups is 1. The molecule has 0 aromatic heterocycles. The highest BCUT2D eigenvalue weighted by atomic mass is 16.5. The summed E-state index contributed by atoms with van der Waals surface area (Å²) in [5.74, 6) is 0.656. The van der Waals surface area contributed by atoms with Crippen LogP contribution in [-0.4, -0.2) is 19.2 Å². The van der Waals surface area contributed by atoms with E-state index in [1.165, 1.54) is 0 Å². The van der Waals surface area contributed by atoms with E-state index in [0.29, 0.717) is 5.92 Å². The van der Waals surface area contributed by atoms with Gasteiger partial charge in [-0.25, -0.2) is 0 Å². The van der Waals surface area contributed by atoms with Gasteiger partial charge >= 0.3 is 0 Å². The summed E-state index contributed by atoms with van der Waals surface area (Å²) in [5.41, 5.74) is 0. The van der Waals surface area contributed by atoms with E-state index < -0.39 is 0 Å². The molecule has 1 saturated heterocycles. The molecule has 0 saturated carbocycles. The lowest BCUT2D eigenvalue weighted by Gasteiger charge is -2.21. The van der Waals surface area contributed by atoms with Crippen LogP contribution >= 0.6 is 0 Å². The SMILES string of the molecule is COC1NC(=O)C2CC=CCC12. The van der Waals surface area contributed by atoms with E-state index in [0.717, 1.165) is 12.8 Å². The molecule has 66 valence electrons. The van der Waals surface area contributed by atoms with E-state index in [1.807, 2.05) is 0 Å². The Morgan fingerprint density at radius 3 is 3.00 bits per heavy atom. The summed E-state index contributed by atoms with van der Waals surface area (Å²) in [6.45, 7) is 0. The number of rotatable bonds is 1. The van der Waals surface area contributed by atoms with Gasteiger partial charge in [-0.15, -0.1) is 0 Å². The van der Waals surface area contributed by atoms with E-state index in [4.69, 9.17) is 4.74 Å². The number of amides is 1. The summed E-state index contributed by atoms with van der Waals surface area (Å²) in [4.78, 5) is 11.4. The minimum atomic E-state index is -0.0625. The highest BCUT2D eigenvalue weighted by Gasteiger charge is 2.41. The molecule has 2 rings (SSSR count). The second-order valence-corrected chi connectivity index (χ2v) is 3.38. The van der Waals surface area contributed by atoms with Crippen molar-refractivity contribution in [2.75, 3.05) is 7.11 Å². The van der Waals surface area contributed by atoms with Gasteiger partial charge < -0.3 is 10.1 Å². The van der Waals surface area contributed by atoms with Crippen LogP contribution in [0.4, 0.5) is 0 Å². The van der Waals surface area contributed by atoms with Crippen LogP contribution in [0.2, 0.25) is 0 Å². The number of allylic oxidation sites excluding steroid dienone is 2. The molecule has 12 heavy (non-hydrogen) atoms. The van der Waals surface area contributed by atoms with Gasteiger partial charge in [-0.2, -0.15) is 0 Å². The van der Waals surface area contributed by atoms with Crippen LogP contribution in [-0.2, 0) is 9.53 Å². The van der Waals surface area contributed by atoms with Crippen LogP contribution < -0.4 is 5.32 Å². The zero-order valence-electron chi connectivity index (χ0n) is 7.12. The number of nitrogens with one attached hydrogen (secondary N) is 1. The molecule has 1 aliphatic heterocycles. The van der Waals surface area contributed by atoms with Crippen molar-refractivity contribution in [3.63, 3.8) is 0 Å². The molecular weight excluding hydrogens is 154 g/mol. The average molecular weight is 167 g/mol. The van der Waals surface area contributed by atoms with Gasteiger partial charge in [0.1, 0.15) is 6.23 Å². The van der Waals surface area contributed by atoms with E-state index >= 15 is 0 Å². The van der Waals surface area contributed by atoms with Crippen molar-refractivity contribution in [3.8, 4) is 0 Å². The zero-order chi connectivity index (χ0) is 8.55. The van der Waals surface area contributed by atoms with E-state index in [-0.39, 0.29) is 18.1 Å². The second kappa shape index (κ2) is 2.90. The minimum absolute atomic E-state index is 0.0625. The first kappa shape index (κ1) is 7.80. The van der Waals surface area contributed by atoms with Crippen molar-refractivity contribution >= 4 is 5.91 Å². The summed E-state index contributed by atoms with van der Waals surface area (Å²) >= 11 is 0. The Morgan fingerprint density at radius 2 is 2.25 bits per heavy atom. The van der Waals surface area contributed by atoms with Gasteiger partial charge in [0.05, 0.1) is 0 Å². The third-order valence-corrected chi connectivity index (χ3v) is 2.75. The van der Waals surface area contributed by atoms with Crippen molar-refractivity contribution in [1.82, 2.24) is 5.32 Å². The van der Waals surface area contributed by atoms with Crippen LogP contribution in [0, 0.1) is 11.8 Å². The summed E-state index contributed by atoms with van der Waals surface area (Å²) in [7, 11) is 1.64. The number of fused-ring (bicyclic) bond motifs is 1. The third-order valence-electron chi connectivity index (χ3n) is 2.75. The van der Waals surface area contributed by atoms with Crippen molar-refractivity contribution in [3.05, 3.63) is 12.2 Å². The molecule has 0 radical (unpaired) electrons. The molecule has 0 bridgehead atoms. The van der Waals surface area contributed by atoms with Crippen LogP contribution in [0.3, 0.4) is 0 Å². The first-order valence-corrected chi connectivity index (χ1v) is 4.31. The van der Waals surface area contributed by atoms with E-state index in [1.54, 1.807) is 7.11 Å². The lowest BCUT2D eigenvalue weighted by atomic mass is 9.85. The molecule has 0 aromatic rings. The van der Waals surface area contributed by atoms with Gasteiger partial charge in [0.25, 0.3) is 0 Å². The van der Waals surface area contributed by atoms with Crippen molar-refractivity contribution in [2.45, 2.75) is 19.1 Å². The number of methoxy groups -OCH3 is 1. The maximum absolute atomic E-state index is 11.4. The Morgan fingerprint density at radius 1 is 1.50 bits per heavy atom. The molecule has 0 aromatic carbocycles. The fourth-order valence-electron chi connectivity index (χ4n) is 2.06. The minimum Gasteiger partial charge on any atom is -0.361 e. The van der Waals surface area contributed by atoms with Crippen LogP contribution in [0.5, 0.6) is 0 Å². The maximum atomic E-state index is 11.4. The summed E-state index contributed by atoms with van der Waals surface area (Å²) in [6.07, 6.45) is 5.98. The number of ether oxygens (including phenoxy) is 1. The van der Waals surface area contributed by atoms with Gasteiger partial charge in [-0.1, -0.05) is 12.2 Å². The predicted octanol–water partition coefficient (Wildman–Crippen LogP) is 0.671. The molecule has 1 amide bonds. The van der Waals surface area contributed by atoms with Crippen molar-refractivity contribution < 1.29 is 9.53 Å². The summed E-state index contributed by atoms with van der Waals surface area (Å²) in [6, 6.07) is 0. The zero-order valence-corrected chi connectivity index (χ0v) is 7.12. The molecule has 0 spiro atoms. The Hall–Kier alpha value is -0.830. The molecule has 1 fully saturated rings. The Bertz CT molecular complexity index is 225. The number of hydrogen-bond acceptors (Lipinski definition) is 2. The van der Waals surface area contributed by atoms with Crippen LogP contribution in [0.1, 0.15) is 12.8 Å². The molecule has 1 heterocycles. The van der Waals surface area contributed by atoms with Gasteiger partial charge in [-0.3, -0.25) is 4.79 Å². The third kappa shape index (κ3) is 1.05. The molecular formula is C9H13NO2. The molecule has 3 atom stereocenters. The van der Waals surface area contributed by atoms with Gasteiger partial charge in [0.2, 0.25) is 5.91 Å². The van der Waals surface area contributed by atoms with Gasteiger partial charge in [0, 0.05) is 18.9 Å². The highest BCUT2D eigenvalue weighted by molar-refractivity contribution is 5.82. The van der Waals surface area contributed by atoms with Gasteiger partial charge in [-0.05, 0) is 12.8 Å². The predicted molar refractivity (Wildman–Crippen MR) is 44.3 cm³/mol. The van der Waals surface area contributed by atoms with Crippen molar-refractivity contribution in [2.24, 2.45) is 11.8 Å². The summed E-state index contributed by atoms with van der Waals surface area (Å²) in [5, 5.41) is 2.84. The molecule has 3 nitrogen and oxygen atoms in total. The lowest BCUT2D eigenvalue weighted by molar-refractivity contribution is -0.123. The van der Waals surface area contributed by atoms with Crippen molar-refractivity contribution in [1.29, 1.82) is 0 Å². The monoisotopic (exact) mass is 167 g/mol. The van der Waals surface area contributed by atoms with Gasteiger partial charge in [0.15, 0.2) is 0 Å². The number of hydrogen-bond donors (Lipinski definition) is 1. The van der Waals surface area contributed by atoms with E-state index in [2.05, 4.69) is 17.5 Å². The van der Waals surface area contributed by atoms with E-state index in [9.17, 15) is 4.79 Å². The lowest BCUT2D eigenvalue weighted by Crippen LogP contribution is -2.30. The number of carbonyl (C=O) groups excluding carboxylic acids is 1. The summed E-state index contributed by atoms with van der Waals surface area (Å²) < 4.78 is 5.19.